The summed E-state index contributed by atoms with van der Waals surface area (Å²) in [5.41, 5.74) is 0.136. The Kier molecular flexibility index (Phi) is 6.19. The Morgan fingerprint density at radius 3 is 2.61 bits per heavy atom. The third-order valence-electron chi connectivity index (χ3n) is 3.90. The molecule has 0 aliphatic carbocycles. The Morgan fingerprint density at radius 1 is 1.14 bits per heavy atom. The van der Waals surface area contributed by atoms with Gasteiger partial charge in [0.25, 0.3) is 0 Å². The van der Waals surface area contributed by atoms with Gasteiger partial charge in [0.05, 0.1) is 12.3 Å². The van der Waals surface area contributed by atoms with Gasteiger partial charge in [-0.05, 0) is 31.2 Å². The largest absolute Gasteiger partial charge is 0.333 e. The number of para-hydroxylation sites is 1. The van der Waals surface area contributed by atoms with Crippen LogP contribution in [0.4, 0.5) is 14.5 Å². The molecule has 3 rings (SSSR count). The van der Waals surface area contributed by atoms with Crippen LogP contribution in [-0.2, 0) is 9.59 Å². The van der Waals surface area contributed by atoms with E-state index in [1.54, 1.807) is 23.6 Å². The molecule has 0 spiro atoms. The van der Waals surface area contributed by atoms with Gasteiger partial charge in [-0.2, -0.15) is 0 Å². The fourth-order valence-corrected chi connectivity index (χ4v) is 3.31. The van der Waals surface area contributed by atoms with Crippen molar-refractivity contribution < 1.29 is 18.4 Å². The zero-order chi connectivity index (χ0) is 20.1. The number of carbonyl (C=O) groups is 2. The third-order valence-corrected chi connectivity index (χ3v) is 4.83. The Bertz CT molecular complexity index is 990. The van der Waals surface area contributed by atoms with E-state index in [2.05, 4.69) is 15.5 Å². The first-order valence-corrected chi connectivity index (χ1v) is 9.42. The molecule has 2 aromatic heterocycles. The number of fused-ring (bicyclic) bond motifs is 1. The van der Waals surface area contributed by atoms with E-state index in [1.807, 2.05) is 12.1 Å². The Hall–Kier alpha value is -3.01. The minimum Gasteiger partial charge on any atom is -0.333 e. The Morgan fingerprint density at radius 2 is 1.89 bits per heavy atom. The zero-order valence-electron chi connectivity index (χ0n) is 14.9. The van der Waals surface area contributed by atoms with Crippen LogP contribution in [0.15, 0.2) is 47.8 Å². The number of anilines is 1. The van der Waals surface area contributed by atoms with E-state index in [1.165, 1.54) is 22.7 Å². The van der Waals surface area contributed by atoms with Crippen LogP contribution in [0.2, 0.25) is 0 Å². The standard InChI is InChI=1S/C18H17F2N5O2S/c1-2-24(10-15(26)21-17-12(19)6-5-7-13(17)20)16(27)11-28-18-23-22-14-8-3-4-9-25(14)18/h3-9H,2,10-11H2,1H3,(H,21,26). The monoisotopic (exact) mass is 405 g/mol. The van der Waals surface area contributed by atoms with E-state index >= 15 is 0 Å². The lowest BCUT2D eigenvalue weighted by atomic mass is 10.3. The van der Waals surface area contributed by atoms with Crippen molar-refractivity contribution in [2.45, 2.75) is 12.1 Å². The quantitative estimate of drug-likeness (QED) is 0.612. The average Bonchev–Trinajstić information content (AvgIpc) is 3.10. The van der Waals surface area contributed by atoms with Gasteiger partial charge in [-0.25, -0.2) is 8.78 Å². The van der Waals surface area contributed by atoms with Crippen molar-refractivity contribution in [3.05, 3.63) is 54.2 Å². The van der Waals surface area contributed by atoms with Gasteiger partial charge in [0.15, 0.2) is 10.8 Å². The smallest absolute Gasteiger partial charge is 0.244 e. The number of thioether (sulfide) groups is 1. The summed E-state index contributed by atoms with van der Waals surface area (Å²) in [7, 11) is 0. The van der Waals surface area contributed by atoms with Crippen LogP contribution < -0.4 is 5.32 Å². The number of rotatable bonds is 7. The van der Waals surface area contributed by atoms with Crippen molar-refractivity contribution >= 4 is 34.9 Å². The van der Waals surface area contributed by atoms with Gasteiger partial charge in [-0.15, -0.1) is 10.2 Å². The number of hydrogen-bond acceptors (Lipinski definition) is 5. The van der Waals surface area contributed by atoms with Crippen molar-refractivity contribution in [2.75, 3.05) is 24.2 Å². The minimum atomic E-state index is -0.878. The second-order valence-electron chi connectivity index (χ2n) is 5.75. The number of amides is 2. The number of benzene rings is 1. The highest BCUT2D eigenvalue weighted by Crippen LogP contribution is 2.19. The van der Waals surface area contributed by atoms with Crippen LogP contribution in [-0.4, -0.2) is 50.2 Å². The number of hydrogen-bond donors (Lipinski definition) is 1. The molecule has 0 saturated carbocycles. The number of aromatic nitrogens is 3. The van der Waals surface area contributed by atoms with Crippen molar-refractivity contribution in [1.29, 1.82) is 0 Å². The van der Waals surface area contributed by atoms with Gasteiger partial charge < -0.3 is 10.2 Å². The molecule has 10 heteroatoms. The summed E-state index contributed by atoms with van der Waals surface area (Å²) in [6.45, 7) is 1.67. The first-order valence-electron chi connectivity index (χ1n) is 8.43. The van der Waals surface area contributed by atoms with Gasteiger partial charge in [0, 0.05) is 12.7 Å². The van der Waals surface area contributed by atoms with Crippen LogP contribution in [0.25, 0.3) is 5.65 Å². The maximum atomic E-state index is 13.6. The number of carbonyl (C=O) groups excluding carboxylic acids is 2. The lowest BCUT2D eigenvalue weighted by Gasteiger charge is -2.20. The predicted molar refractivity (Wildman–Crippen MR) is 101 cm³/mol. The normalized spacial score (nSPS) is 10.8. The highest BCUT2D eigenvalue weighted by atomic mass is 32.2. The molecule has 0 radical (unpaired) electrons. The molecule has 28 heavy (non-hydrogen) atoms. The zero-order valence-corrected chi connectivity index (χ0v) is 15.7. The van der Waals surface area contributed by atoms with Gasteiger partial charge >= 0.3 is 0 Å². The molecule has 2 amide bonds. The molecule has 7 nitrogen and oxygen atoms in total. The second-order valence-corrected chi connectivity index (χ2v) is 6.70. The molecule has 1 N–H and O–H groups in total. The summed E-state index contributed by atoms with van der Waals surface area (Å²) < 4.78 is 29.0. The molecule has 0 fully saturated rings. The van der Waals surface area contributed by atoms with E-state index in [0.29, 0.717) is 10.8 Å². The fourth-order valence-electron chi connectivity index (χ4n) is 2.48. The van der Waals surface area contributed by atoms with Gasteiger partial charge in [0.2, 0.25) is 11.8 Å². The summed E-state index contributed by atoms with van der Waals surface area (Å²) in [4.78, 5) is 25.9. The highest BCUT2D eigenvalue weighted by Gasteiger charge is 2.19. The molecular weight excluding hydrogens is 388 g/mol. The number of likely N-dealkylation sites (N-methyl/N-ethyl adjacent to an activating group) is 1. The summed E-state index contributed by atoms with van der Waals surface area (Å²) in [6, 6.07) is 8.74. The van der Waals surface area contributed by atoms with Gasteiger partial charge in [0.1, 0.15) is 17.3 Å². The van der Waals surface area contributed by atoms with Crippen molar-refractivity contribution in [3.63, 3.8) is 0 Å². The number of nitrogens with one attached hydrogen (secondary N) is 1. The van der Waals surface area contributed by atoms with Crippen molar-refractivity contribution in [2.24, 2.45) is 0 Å². The van der Waals surface area contributed by atoms with E-state index in [-0.39, 0.29) is 24.7 Å². The van der Waals surface area contributed by atoms with Crippen molar-refractivity contribution in [1.82, 2.24) is 19.5 Å². The van der Waals surface area contributed by atoms with E-state index in [9.17, 15) is 18.4 Å². The summed E-state index contributed by atoms with van der Waals surface area (Å²) >= 11 is 1.19. The molecule has 0 unspecified atom stereocenters. The molecule has 2 heterocycles. The SMILES string of the molecule is CCN(CC(=O)Nc1c(F)cccc1F)C(=O)CSc1nnc2ccccn12. The minimum absolute atomic E-state index is 0.0465. The third kappa shape index (κ3) is 4.45. The molecular formula is C18H17F2N5O2S. The van der Waals surface area contributed by atoms with Gasteiger partial charge in [-0.1, -0.05) is 23.9 Å². The van der Waals surface area contributed by atoms with E-state index in [4.69, 9.17) is 0 Å². The Balaban J connectivity index is 1.59. The van der Waals surface area contributed by atoms with Crippen LogP contribution >= 0.6 is 11.8 Å². The molecule has 0 saturated heterocycles. The number of halogens is 2. The van der Waals surface area contributed by atoms with Crippen molar-refractivity contribution in [3.8, 4) is 0 Å². The second kappa shape index (κ2) is 8.79. The van der Waals surface area contributed by atoms with E-state index < -0.39 is 23.2 Å². The average molecular weight is 405 g/mol. The van der Waals surface area contributed by atoms with Crippen LogP contribution in [0.1, 0.15) is 6.92 Å². The number of nitrogens with zero attached hydrogens (tertiary/aromatic N) is 4. The first kappa shape index (κ1) is 19.7. The van der Waals surface area contributed by atoms with Crippen LogP contribution in [0.5, 0.6) is 0 Å². The predicted octanol–water partition coefficient (Wildman–Crippen LogP) is 2.59. The molecule has 0 aliphatic rings. The maximum absolute atomic E-state index is 13.6. The summed E-state index contributed by atoms with van der Waals surface area (Å²) in [5, 5.41) is 10.8. The van der Waals surface area contributed by atoms with Gasteiger partial charge in [-0.3, -0.25) is 14.0 Å². The van der Waals surface area contributed by atoms with E-state index in [0.717, 1.165) is 12.1 Å². The summed E-state index contributed by atoms with van der Waals surface area (Å²) in [5.74, 6) is -2.69. The molecule has 146 valence electrons. The molecule has 1 aromatic carbocycles. The maximum Gasteiger partial charge on any atom is 0.244 e. The summed E-state index contributed by atoms with van der Waals surface area (Å²) in [6.07, 6.45) is 1.79. The van der Waals surface area contributed by atoms with Crippen LogP contribution in [0.3, 0.4) is 0 Å². The topological polar surface area (TPSA) is 79.6 Å². The Labute approximate surface area is 163 Å². The molecule has 0 atom stereocenters. The molecule has 3 aromatic rings. The highest BCUT2D eigenvalue weighted by molar-refractivity contribution is 7.99. The molecule has 0 aliphatic heterocycles. The number of pyridine rings is 1. The van der Waals surface area contributed by atoms with Crippen LogP contribution in [0, 0.1) is 11.6 Å². The lowest BCUT2D eigenvalue weighted by molar-refractivity contribution is -0.132. The first-order chi connectivity index (χ1) is 13.5. The fraction of sp³-hybridized carbons (Fsp3) is 0.222. The lowest BCUT2D eigenvalue weighted by Crippen LogP contribution is -2.39. The molecule has 0 bridgehead atoms.